The number of amides is 1. The van der Waals surface area contributed by atoms with Gasteiger partial charge >= 0.3 is 0 Å². The molecule has 1 aromatic heterocycles. The Morgan fingerprint density at radius 1 is 1.38 bits per heavy atom. The Bertz CT molecular complexity index is 880. The first-order chi connectivity index (χ1) is 12.6. The first-order valence-corrected chi connectivity index (χ1v) is 8.58. The highest BCUT2D eigenvalue weighted by Crippen LogP contribution is 2.34. The van der Waals surface area contributed by atoms with Gasteiger partial charge in [-0.25, -0.2) is 4.98 Å². The number of primary amides is 1. The van der Waals surface area contributed by atoms with Gasteiger partial charge in [0.25, 0.3) is 5.91 Å². The molecule has 0 spiro atoms. The van der Waals surface area contributed by atoms with Crippen molar-refractivity contribution in [3.8, 4) is 17.7 Å². The molecule has 1 aliphatic carbocycles. The summed E-state index contributed by atoms with van der Waals surface area (Å²) in [4.78, 5) is 20.5. The molecule has 0 radical (unpaired) electrons. The molecule has 6 heteroatoms. The van der Waals surface area contributed by atoms with Gasteiger partial charge in [0.15, 0.2) is 0 Å². The van der Waals surface area contributed by atoms with Crippen LogP contribution < -0.4 is 10.5 Å². The maximum atomic E-state index is 11.7. The summed E-state index contributed by atoms with van der Waals surface area (Å²) in [7, 11) is 0. The van der Waals surface area contributed by atoms with Crippen LogP contribution in [-0.4, -0.2) is 15.9 Å². The minimum Gasteiger partial charge on any atom is -0.438 e. The zero-order valence-corrected chi connectivity index (χ0v) is 14.4. The van der Waals surface area contributed by atoms with Gasteiger partial charge < -0.3 is 10.5 Å². The number of allylic oxidation sites excluding steroid dienone is 1. The van der Waals surface area contributed by atoms with Gasteiger partial charge in [-0.3, -0.25) is 4.79 Å². The SMILES string of the molecule is C=C(C#N)Cc1cccc(Oc2nc(C3CCCC3)ncc2C(N)=O)c1. The Morgan fingerprint density at radius 2 is 2.15 bits per heavy atom. The molecular formula is C20H20N4O2. The lowest BCUT2D eigenvalue weighted by Crippen LogP contribution is -2.15. The molecule has 0 saturated heterocycles. The van der Waals surface area contributed by atoms with Crippen LogP contribution in [0.3, 0.4) is 0 Å². The number of ether oxygens (including phenoxy) is 1. The normalized spacial score (nSPS) is 14.0. The van der Waals surface area contributed by atoms with Crippen molar-refractivity contribution in [2.24, 2.45) is 5.73 Å². The van der Waals surface area contributed by atoms with E-state index in [1.807, 2.05) is 18.2 Å². The van der Waals surface area contributed by atoms with Crippen molar-refractivity contribution in [2.45, 2.75) is 38.0 Å². The lowest BCUT2D eigenvalue weighted by Gasteiger charge is -2.13. The van der Waals surface area contributed by atoms with Crippen molar-refractivity contribution in [3.63, 3.8) is 0 Å². The Balaban J connectivity index is 1.89. The zero-order valence-electron chi connectivity index (χ0n) is 14.4. The maximum absolute atomic E-state index is 11.7. The smallest absolute Gasteiger partial charge is 0.255 e. The zero-order chi connectivity index (χ0) is 18.5. The van der Waals surface area contributed by atoms with Gasteiger partial charge in [0.1, 0.15) is 17.1 Å². The van der Waals surface area contributed by atoms with Crippen LogP contribution in [0.5, 0.6) is 11.6 Å². The molecule has 1 aliphatic rings. The lowest BCUT2D eigenvalue weighted by atomic mass is 10.1. The topological polar surface area (TPSA) is 102 Å². The van der Waals surface area contributed by atoms with Gasteiger partial charge in [-0.2, -0.15) is 10.2 Å². The first-order valence-electron chi connectivity index (χ1n) is 8.58. The molecule has 1 fully saturated rings. The largest absolute Gasteiger partial charge is 0.438 e. The van der Waals surface area contributed by atoms with Crippen LogP contribution in [0.25, 0.3) is 0 Å². The van der Waals surface area contributed by atoms with Crippen LogP contribution in [0.2, 0.25) is 0 Å². The van der Waals surface area contributed by atoms with Crippen LogP contribution in [0.4, 0.5) is 0 Å². The minimum absolute atomic E-state index is 0.151. The van der Waals surface area contributed by atoms with Crippen LogP contribution in [0, 0.1) is 11.3 Å². The quantitative estimate of drug-likeness (QED) is 0.803. The number of carbonyl (C=O) groups is 1. The van der Waals surface area contributed by atoms with Gasteiger partial charge in [0.2, 0.25) is 5.88 Å². The third-order valence-corrected chi connectivity index (χ3v) is 4.45. The summed E-state index contributed by atoms with van der Waals surface area (Å²) in [6.45, 7) is 3.69. The number of nitrogens with zero attached hydrogens (tertiary/aromatic N) is 3. The van der Waals surface area contributed by atoms with Crippen molar-refractivity contribution in [3.05, 3.63) is 59.6 Å². The second-order valence-electron chi connectivity index (χ2n) is 6.43. The third kappa shape index (κ3) is 4.06. The van der Waals surface area contributed by atoms with E-state index in [4.69, 9.17) is 15.7 Å². The Kier molecular flexibility index (Phi) is 5.28. The monoisotopic (exact) mass is 348 g/mol. The van der Waals surface area contributed by atoms with E-state index >= 15 is 0 Å². The summed E-state index contributed by atoms with van der Waals surface area (Å²) < 4.78 is 5.86. The number of nitriles is 1. The predicted octanol–water partition coefficient (Wildman–Crippen LogP) is 3.65. The van der Waals surface area contributed by atoms with E-state index in [1.54, 1.807) is 12.1 Å². The van der Waals surface area contributed by atoms with E-state index in [-0.39, 0.29) is 11.4 Å². The van der Waals surface area contributed by atoms with E-state index in [1.165, 1.54) is 6.20 Å². The molecule has 1 aromatic carbocycles. The van der Waals surface area contributed by atoms with Crippen LogP contribution >= 0.6 is 0 Å². The second-order valence-corrected chi connectivity index (χ2v) is 6.43. The Hall–Kier alpha value is -3.20. The maximum Gasteiger partial charge on any atom is 0.255 e. The van der Waals surface area contributed by atoms with Gasteiger partial charge in [-0.15, -0.1) is 0 Å². The fraction of sp³-hybridized carbons (Fsp3) is 0.300. The van der Waals surface area contributed by atoms with Crippen molar-refractivity contribution in [2.75, 3.05) is 0 Å². The lowest BCUT2D eigenvalue weighted by molar-refractivity contribution is 0.0997. The third-order valence-electron chi connectivity index (χ3n) is 4.45. The van der Waals surface area contributed by atoms with Gasteiger partial charge in [-0.05, 0) is 30.5 Å². The van der Waals surface area contributed by atoms with Gasteiger partial charge in [0, 0.05) is 24.1 Å². The molecule has 2 N–H and O–H groups in total. The molecule has 1 heterocycles. The highest BCUT2D eigenvalue weighted by atomic mass is 16.5. The molecule has 26 heavy (non-hydrogen) atoms. The van der Waals surface area contributed by atoms with E-state index in [0.29, 0.717) is 29.5 Å². The standard InChI is InChI=1S/C20H20N4O2/c1-13(11-21)9-14-5-4-8-16(10-14)26-20-17(18(22)25)12-23-19(24-20)15-6-2-3-7-15/h4-5,8,10,12,15H,1-3,6-7,9H2,(H2,22,25). The second kappa shape index (κ2) is 7.79. The van der Waals surface area contributed by atoms with Crippen LogP contribution in [-0.2, 0) is 6.42 Å². The fourth-order valence-electron chi connectivity index (χ4n) is 3.12. The number of carbonyl (C=O) groups excluding carboxylic acids is 1. The van der Waals surface area contributed by atoms with E-state index in [0.717, 1.165) is 31.2 Å². The molecule has 6 nitrogen and oxygen atoms in total. The molecular weight excluding hydrogens is 328 g/mol. The summed E-state index contributed by atoms with van der Waals surface area (Å²) in [6.07, 6.45) is 6.29. The molecule has 2 aromatic rings. The first kappa shape index (κ1) is 17.6. The highest BCUT2D eigenvalue weighted by Gasteiger charge is 2.23. The highest BCUT2D eigenvalue weighted by molar-refractivity contribution is 5.94. The molecule has 0 atom stereocenters. The van der Waals surface area contributed by atoms with Crippen molar-refractivity contribution in [1.29, 1.82) is 5.26 Å². The average molecular weight is 348 g/mol. The number of nitrogens with two attached hydrogens (primary N) is 1. The van der Waals surface area contributed by atoms with E-state index in [2.05, 4.69) is 16.5 Å². The molecule has 3 rings (SSSR count). The van der Waals surface area contributed by atoms with Crippen molar-refractivity contribution < 1.29 is 9.53 Å². The molecule has 0 unspecified atom stereocenters. The number of aromatic nitrogens is 2. The predicted molar refractivity (Wildman–Crippen MR) is 96.7 cm³/mol. The van der Waals surface area contributed by atoms with Crippen molar-refractivity contribution >= 4 is 5.91 Å². The minimum atomic E-state index is -0.632. The van der Waals surface area contributed by atoms with E-state index < -0.39 is 5.91 Å². The number of hydrogen-bond acceptors (Lipinski definition) is 5. The van der Waals surface area contributed by atoms with Gasteiger partial charge in [-0.1, -0.05) is 31.6 Å². The summed E-state index contributed by atoms with van der Waals surface area (Å²) in [6, 6.07) is 9.29. The van der Waals surface area contributed by atoms with Crippen LogP contribution in [0.15, 0.2) is 42.6 Å². The van der Waals surface area contributed by atoms with Crippen molar-refractivity contribution in [1.82, 2.24) is 9.97 Å². The summed E-state index contributed by atoms with van der Waals surface area (Å²) in [5.74, 6) is 1.05. The molecule has 1 amide bonds. The molecule has 0 bridgehead atoms. The molecule has 0 aliphatic heterocycles. The summed E-state index contributed by atoms with van der Waals surface area (Å²) >= 11 is 0. The molecule has 132 valence electrons. The summed E-state index contributed by atoms with van der Waals surface area (Å²) in [5, 5.41) is 8.88. The van der Waals surface area contributed by atoms with E-state index in [9.17, 15) is 4.79 Å². The molecule has 1 saturated carbocycles. The number of benzene rings is 1. The fourth-order valence-corrected chi connectivity index (χ4v) is 3.12. The number of rotatable bonds is 6. The Morgan fingerprint density at radius 3 is 2.85 bits per heavy atom. The van der Waals surface area contributed by atoms with Gasteiger partial charge in [0.05, 0.1) is 6.07 Å². The van der Waals surface area contributed by atoms with Crippen LogP contribution in [0.1, 0.15) is 53.3 Å². The number of hydrogen-bond donors (Lipinski definition) is 1. The average Bonchev–Trinajstić information content (AvgIpc) is 3.16. The summed E-state index contributed by atoms with van der Waals surface area (Å²) in [5.41, 5.74) is 6.94. The Labute approximate surface area is 152 Å².